The van der Waals surface area contributed by atoms with Crippen molar-refractivity contribution >= 4 is 17.5 Å². The summed E-state index contributed by atoms with van der Waals surface area (Å²) in [5, 5.41) is -0.484. The largest absolute Gasteiger partial charge is 0.342 e. The molecule has 3 heteroatoms. The van der Waals surface area contributed by atoms with Crippen LogP contribution in [-0.4, -0.2) is 23.7 Å². The minimum absolute atomic E-state index is 0.484. The van der Waals surface area contributed by atoms with Crippen molar-refractivity contribution in [2.45, 2.75) is 77.6 Å². The SMILES string of the molecule is CCCCCCCCCCCCCN(C)C(F)=S. The first-order chi connectivity index (χ1) is 8.68. The Labute approximate surface area is 118 Å². The minimum atomic E-state index is -0.484. The fourth-order valence-corrected chi connectivity index (χ4v) is 2.19. The minimum Gasteiger partial charge on any atom is -0.342 e. The van der Waals surface area contributed by atoms with E-state index in [-0.39, 0.29) is 0 Å². The third kappa shape index (κ3) is 12.3. The van der Waals surface area contributed by atoms with Gasteiger partial charge in [-0.15, -0.1) is 0 Å². The van der Waals surface area contributed by atoms with Crippen molar-refractivity contribution in [2.75, 3.05) is 13.6 Å². The highest BCUT2D eigenvalue weighted by Crippen LogP contribution is 2.11. The number of hydrogen-bond acceptors (Lipinski definition) is 1. The summed E-state index contributed by atoms with van der Waals surface area (Å²) < 4.78 is 12.6. The average molecular weight is 275 g/mol. The Hall–Kier alpha value is -0.180. The Balaban J connectivity index is 3.05. The van der Waals surface area contributed by atoms with Crippen molar-refractivity contribution in [1.82, 2.24) is 4.90 Å². The van der Waals surface area contributed by atoms with Gasteiger partial charge in [-0.2, -0.15) is 4.39 Å². The van der Waals surface area contributed by atoms with E-state index in [4.69, 9.17) is 0 Å². The zero-order valence-electron chi connectivity index (χ0n) is 12.2. The van der Waals surface area contributed by atoms with Gasteiger partial charge in [0, 0.05) is 13.6 Å². The van der Waals surface area contributed by atoms with E-state index in [2.05, 4.69) is 19.1 Å². The second-order valence-corrected chi connectivity index (χ2v) is 5.55. The maximum atomic E-state index is 12.6. The highest BCUT2D eigenvalue weighted by atomic mass is 32.1. The number of nitrogens with zero attached hydrogens (tertiary/aromatic N) is 1. The van der Waals surface area contributed by atoms with E-state index in [1.165, 1.54) is 69.1 Å². The van der Waals surface area contributed by atoms with Crippen LogP contribution in [0.1, 0.15) is 77.6 Å². The molecule has 0 aromatic heterocycles. The van der Waals surface area contributed by atoms with Crippen molar-refractivity contribution in [1.29, 1.82) is 0 Å². The van der Waals surface area contributed by atoms with Crippen LogP contribution in [-0.2, 0) is 0 Å². The number of hydrogen-bond donors (Lipinski definition) is 0. The van der Waals surface area contributed by atoms with Gasteiger partial charge in [0.2, 0.25) is 0 Å². The molecule has 0 heterocycles. The molecule has 0 saturated heterocycles. The molecule has 0 aliphatic rings. The van der Waals surface area contributed by atoms with E-state index >= 15 is 0 Å². The monoisotopic (exact) mass is 275 g/mol. The zero-order chi connectivity index (χ0) is 13.6. The molecular formula is C15H30FNS. The first-order valence-corrected chi connectivity index (χ1v) is 8.00. The number of rotatable bonds is 12. The fourth-order valence-electron chi connectivity index (χ4n) is 2.10. The summed E-state index contributed by atoms with van der Waals surface area (Å²) in [7, 11) is 1.72. The first kappa shape index (κ1) is 17.8. The van der Waals surface area contributed by atoms with E-state index in [1.54, 1.807) is 7.05 Å². The van der Waals surface area contributed by atoms with Gasteiger partial charge in [0.1, 0.15) is 0 Å². The molecule has 0 bridgehead atoms. The van der Waals surface area contributed by atoms with Gasteiger partial charge in [-0.05, 0) is 18.6 Å². The summed E-state index contributed by atoms with van der Waals surface area (Å²) in [6.07, 6.45) is 14.6. The quantitative estimate of drug-likeness (QED) is 0.201. The van der Waals surface area contributed by atoms with Crippen molar-refractivity contribution in [3.05, 3.63) is 0 Å². The summed E-state index contributed by atoms with van der Waals surface area (Å²) >= 11 is 4.46. The standard InChI is InChI=1S/C15H30FNS/c1-3-4-5-6-7-8-9-10-11-12-13-14-17(2)15(16)18/h3-14H2,1-2H3. The lowest BCUT2D eigenvalue weighted by atomic mass is 10.1. The van der Waals surface area contributed by atoms with Gasteiger partial charge in [-0.1, -0.05) is 71.1 Å². The predicted molar refractivity (Wildman–Crippen MR) is 82.8 cm³/mol. The molecule has 108 valence electrons. The fraction of sp³-hybridized carbons (Fsp3) is 0.933. The molecule has 0 aliphatic carbocycles. The maximum Gasteiger partial charge on any atom is 0.255 e. The number of thiocarbonyl (C=S) groups is 1. The van der Waals surface area contributed by atoms with Crippen LogP contribution < -0.4 is 0 Å². The molecule has 0 unspecified atom stereocenters. The van der Waals surface area contributed by atoms with E-state index in [0.29, 0.717) is 0 Å². The molecule has 0 atom stereocenters. The van der Waals surface area contributed by atoms with Gasteiger partial charge >= 0.3 is 0 Å². The van der Waals surface area contributed by atoms with Gasteiger partial charge in [0.15, 0.2) is 0 Å². The van der Waals surface area contributed by atoms with Crippen molar-refractivity contribution < 1.29 is 4.39 Å². The van der Waals surface area contributed by atoms with Gasteiger partial charge < -0.3 is 4.90 Å². The topological polar surface area (TPSA) is 3.24 Å². The van der Waals surface area contributed by atoms with Crippen LogP contribution in [0.15, 0.2) is 0 Å². The first-order valence-electron chi connectivity index (χ1n) is 7.59. The lowest BCUT2D eigenvalue weighted by molar-refractivity contribution is 0.434. The molecule has 0 amide bonds. The van der Waals surface area contributed by atoms with Crippen LogP contribution >= 0.6 is 12.2 Å². The highest BCUT2D eigenvalue weighted by Gasteiger charge is 2.00. The molecule has 0 aliphatic heterocycles. The van der Waals surface area contributed by atoms with Crippen LogP contribution in [0.5, 0.6) is 0 Å². The van der Waals surface area contributed by atoms with Crippen molar-refractivity contribution in [2.24, 2.45) is 0 Å². The van der Waals surface area contributed by atoms with E-state index < -0.39 is 5.24 Å². The van der Waals surface area contributed by atoms with E-state index in [1.807, 2.05) is 0 Å². The van der Waals surface area contributed by atoms with Crippen LogP contribution in [0, 0.1) is 0 Å². The number of unbranched alkanes of at least 4 members (excludes halogenated alkanes) is 10. The van der Waals surface area contributed by atoms with E-state index in [9.17, 15) is 4.39 Å². The normalized spacial score (nSPS) is 10.6. The second-order valence-electron chi connectivity index (χ2n) is 5.21. The summed E-state index contributed by atoms with van der Waals surface area (Å²) in [5.41, 5.74) is 0. The Morgan fingerprint density at radius 1 is 0.833 bits per heavy atom. The van der Waals surface area contributed by atoms with Crippen LogP contribution in [0.2, 0.25) is 0 Å². The lowest BCUT2D eigenvalue weighted by Crippen LogP contribution is -2.22. The van der Waals surface area contributed by atoms with Crippen LogP contribution in [0.3, 0.4) is 0 Å². The summed E-state index contributed by atoms with van der Waals surface area (Å²) in [4.78, 5) is 1.52. The molecule has 0 aromatic carbocycles. The van der Waals surface area contributed by atoms with Gasteiger partial charge in [0.25, 0.3) is 5.24 Å². The second kappa shape index (κ2) is 13.3. The highest BCUT2D eigenvalue weighted by molar-refractivity contribution is 7.79. The molecule has 1 nitrogen and oxygen atoms in total. The molecular weight excluding hydrogens is 245 g/mol. The molecule has 0 saturated carbocycles. The smallest absolute Gasteiger partial charge is 0.255 e. The Morgan fingerprint density at radius 3 is 1.61 bits per heavy atom. The van der Waals surface area contributed by atoms with Crippen LogP contribution in [0.4, 0.5) is 4.39 Å². The van der Waals surface area contributed by atoms with Gasteiger partial charge in [0.05, 0.1) is 0 Å². The molecule has 0 fully saturated rings. The van der Waals surface area contributed by atoms with E-state index in [0.717, 1.165) is 13.0 Å². The van der Waals surface area contributed by atoms with Gasteiger partial charge in [-0.3, -0.25) is 0 Å². The molecule has 0 radical (unpaired) electrons. The summed E-state index contributed by atoms with van der Waals surface area (Å²) in [6.45, 7) is 3.01. The zero-order valence-corrected chi connectivity index (χ0v) is 13.0. The predicted octanol–water partition coefficient (Wildman–Crippen LogP) is 5.48. The maximum absolute atomic E-state index is 12.6. The molecule has 18 heavy (non-hydrogen) atoms. The van der Waals surface area contributed by atoms with Crippen molar-refractivity contribution in [3.8, 4) is 0 Å². The Bertz CT molecular complexity index is 197. The molecule has 0 N–H and O–H groups in total. The summed E-state index contributed by atoms with van der Waals surface area (Å²) in [6, 6.07) is 0. The molecule has 0 spiro atoms. The molecule has 0 rings (SSSR count). The lowest BCUT2D eigenvalue weighted by Gasteiger charge is -2.13. The van der Waals surface area contributed by atoms with Crippen LogP contribution in [0.25, 0.3) is 0 Å². The third-order valence-corrected chi connectivity index (χ3v) is 3.71. The van der Waals surface area contributed by atoms with Crippen molar-refractivity contribution in [3.63, 3.8) is 0 Å². The Kier molecular flexibility index (Phi) is 13.1. The average Bonchev–Trinajstić information content (AvgIpc) is 2.35. The Morgan fingerprint density at radius 2 is 1.22 bits per heavy atom. The van der Waals surface area contributed by atoms with Gasteiger partial charge in [-0.25, -0.2) is 0 Å². The summed E-state index contributed by atoms with van der Waals surface area (Å²) in [5.74, 6) is 0. The third-order valence-electron chi connectivity index (χ3n) is 3.40. The molecule has 0 aromatic rings. The number of halogens is 1.